The molecule has 0 unspecified atom stereocenters. The van der Waals surface area contributed by atoms with Gasteiger partial charge < -0.3 is 9.47 Å². The van der Waals surface area contributed by atoms with Gasteiger partial charge in [-0.05, 0) is 24.6 Å². The van der Waals surface area contributed by atoms with Crippen LogP contribution in [0.25, 0.3) is 0 Å². The molecule has 0 fully saturated rings. The normalized spacial score (nSPS) is 10.4. The number of hydrogen-bond acceptors (Lipinski definition) is 2. The highest BCUT2D eigenvalue weighted by Crippen LogP contribution is 2.23. The van der Waals surface area contributed by atoms with Gasteiger partial charge in [0.25, 0.3) is 0 Å². The third-order valence-electron chi connectivity index (χ3n) is 2.39. The molecule has 16 heavy (non-hydrogen) atoms. The lowest BCUT2D eigenvalue weighted by Crippen LogP contribution is -1.98. The summed E-state index contributed by atoms with van der Waals surface area (Å²) >= 11 is 3.45. The van der Waals surface area contributed by atoms with Gasteiger partial charge >= 0.3 is 0 Å². The molecule has 0 atom stereocenters. The Morgan fingerprint density at radius 1 is 1.25 bits per heavy atom. The minimum absolute atomic E-state index is 0.617. The molecule has 0 saturated carbocycles. The molecule has 1 aromatic rings. The molecule has 0 bridgehead atoms. The molecule has 0 aromatic heterocycles. The van der Waals surface area contributed by atoms with Crippen molar-refractivity contribution in [3.63, 3.8) is 0 Å². The Morgan fingerprint density at radius 2 is 2.06 bits per heavy atom. The highest BCUT2D eigenvalue weighted by Gasteiger charge is 2.03. The Morgan fingerprint density at radius 3 is 2.75 bits per heavy atom. The van der Waals surface area contributed by atoms with E-state index in [1.165, 1.54) is 12.8 Å². The monoisotopic (exact) mass is 286 g/mol. The van der Waals surface area contributed by atoms with Crippen molar-refractivity contribution in [2.24, 2.45) is 0 Å². The summed E-state index contributed by atoms with van der Waals surface area (Å²) in [6.45, 7) is 3.63. The Hall–Kier alpha value is -0.540. The predicted molar refractivity (Wildman–Crippen MR) is 69.9 cm³/mol. The van der Waals surface area contributed by atoms with Crippen molar-refractivity contribution in [1.29, 1.82) is 0 Å². The van der Waals surface area contributed by atoms with Gasteiger partial charge in [-0.3, -0.25) is 0 Å². The number of benzene rings is 1. The van der Waals surface area contributed by atoms with Crippen LogP contribution in [0, 0.1) is 0 Å². The number of ether oxygens (including phenoxy) is 2. The van der Waals surface area contributed by atoms with Crippen LogP contribution in [0.1, 0.15) is 31.7 Å². The Labute approximate surface area is 106 Å². The molecule has 1 rings (SSSR count). The van der Waals surface area contributed by atoms with Crippen molar-refractivity contribution < 1.29 is 9.47 Å². The predicted octanol–water partition coefficient (Wildman–Crippen LogP) is 4.16. The lowest BCUT2D eigenvalue weighted by atomic mass is 10.2. The fourth-order valence-corrected chi connectivity index (χ4v) is 1.90. The molecule has 0 spiro atoms. The van der Waals surface area contributed by atoms with Gasteiger partial charge in [0.05, 0.1) is 13.7 Å². The number of halogens is 1. The summed E-state index contributed by atoms with van der Waals surface area (Å²) in [6, 6.07) is 5.97. The molecule has 1 aromatic carbocycles. The third kappa shape index (κ3) is 4.54. The van der Waals surface area contributed by atoms with Gasteiger partial charge in [0, 0.05) is 16.6 Å². The van der Waals surface area contributed by atoms with Crippen molar-refractivity contribution >= 4 is 15.9 Å². The minimum atomic E-state index is 0.617. The van der Waals surface area contributed by atoms with E-state index in [1.54, 1.807) is 7.11 Å². The maximum Gasteiger partial charge on any atom is 0.124 e. The van der Waals surface area contributed by atoms with E-state index in [-0.39, 0.29) is 0 Å². The summed E-state index contributed by atoms with van der Waals surface area (Å²) in [5.41, 5.74) is 1.09. The summed E-state index contributed by atoms with van der Waals surface area (Å²) < 4.78 is 12.0. The molecule has 0 saturated heterocycles. The molecule has 2 nitrogen and oxygen atoms in total. The summed E-state index contributed by atoms with van der Waals surface area (Å²) in [6.07, 6.45) is 3.59. The maximum atomic E-state index is 5.62. The summed E-state index contributed by atoms with van der Waals surface area (Å²) in [5, 5.41) is 0. The summed E-state index contributed by atoms with van der Waals surface area (Å²) in [7, 11) is 1.68. The Balaban J connectivity index is 2.42. The van der Waals surface area contributed by atoms with E-state index in [2.05, 4.69) is 22.9 Å². The molecule has 0 radical (unpaired) electrons. The first kappa shape index (κ1) is 13.5. The van der Waals surface area contributed by atoms with E-state index in [4.69, 9.17) is 9.47 Å². The average molecular weight is 287 g/mol. The molecule has 3 heteroatoms. The number of unbranched alkanes of at least 4 members (excludes halogenated alkanes) is 2. The van der Waals surface area contributed by atoms with E-state index in [9.17, 15) is 0 Å². The van der Waals surface area contributed by atoms with Crippen LogP contribution in [0.3, 0.4) is 0 Å². The van der Waals surface area contributed by atoms with Crippen LogP contribution in [0.5, 0.6) is 5.75 Å². The van der Waals surface area contributed by atoms with Crippen molar-refractivity contribution in [1.82, 2.24) is 0 Å². The van der Waals surface area contributed by atoms with Gasteiger partial charge in [-0.25, -0.2) is 0 Å². The topological polar surface area (TPSA) is 18.5 Å². The second-order valence-corrected chi connectivity index (χ2v) is 4.63. The van der Waals surface area contributed by atoms with Crippen LogP contribution in [0.4, 0.5) is 0 Å². The fourth-order valence-electron chi connectivity index (χ4n) is 1.50. The first-order chi connectivity index (χ1) is 7.77. The average Bonchev–Trinajstić information content (AvgIpc) is 2.29. The largest absolute Gasteiger partial charge is 0.496 e. The Kier molecular flexibility index (Phi) is 6.50. The van der Waals surface area contributed by atoms with Crippen LogP contribution in [-0.4, -0.2) is 13.7 Å². The highest BCUT2D eigenvalue weighted by molar-refractivity contribution is 9.10. The van der Waals surface area contributed by atoms with Crippen LogP contribution in [0.15, 0.2) is 22.7 Å². The number of rotatable bonds is 7. The molecule has 0 aliphatic heterocycles. The molecule has 0 N–H and O–H groups in total. The summed E-state index contributed by atoms with van der Waals surface area (Å²) in [4.78, 5) is 0. The molecular weight excluding hydrogens is 268 g/mol. The first-order valence-electron chi connectivity index (χ1n) is 5.68. The first-order valence-corrected chi connectivity index (χ1v) is 6.47. The zero-order chi connectivity index (χ0) is 11.8. The van der Waals surface area contributed by atoms with Crippen LogP contribution >= 0.6 is 15.9 Å². The fraction of sp³-hybridized carbons (Fsp3) is 0.538. The standard InChI is InChI=1S/C13H19BrO2/c1-3-4-5-8-16-10-11-9-12(14)6-7-13(11)15-2/h6-7,9H,3-5,8,10H2,1-2H3. The molecule has 0 aliphatic carbocycles. The zero-order valence-corrected chi connectivity index (χ0v) is 11.5. The van der Waals surface area contributed by atoms with E-state index >= 15 is 0 Å². The number of methoxy groups -OCH3 is 1. The van der Waals surface area contributed by atoms with Gasteiger partial charge in [-0.2, -0.15) is 0 Å². The molecule has 0 heterocycles. The molecule has 90 valence electrons. The van der Waals surface area contributed by atoms with Gasteiger partial charge in [0.2, 0.25) is 0 Å². The minimum Gasteiger partial charge on any atom is -0.496 e. The van der Waals surface area contributed by atoms with E-state index in [0.717, 1.165) is 28.8 Å². The lowest BCUT2D eigenvalue weighted by Gasteiger charge is -2.09. The molecule has 0 amide bonds. The van der Waals surface area contributed by atoms with E-state index in [0.29, 0.717) is 6.61 Å². The Bertz CT molecular complexity index is 313. The van der Waals surface area contributed by atoms with Gasteiger partial charge in [0.1, 0.15) is 5.75 Å². The van der Waals surface area contributed by atoms with Crippen molar-refractivity contribution in [2.75, 3.05) is 13.7 Å². The SMILES string of the molecule is CCCCCOCc1cc(Br)ccc1OC. The summed E-state index contributed by atoms with van der Waals surface area (Å²) in [5.74, 6) is 0.888. The molecular formula is C13H19BrO2. The third-order valence-corrected chi connectivity index (χ3v) is 2.89. The van der Waals surface area contributed by atoms with Crippen molar-refractivity contribution in [3.05, 3.63) is 28.2 Å². The zero-order valence-electron chi connectivity index (χ0n) is 9.96. The van der Waals surface area contributed by atoms with Gasteiger partial charge in [-0.15, -0.1) is 0 Å². The molecule has 0 aliphatic rings. The van der Waals surface area contributed by atoms with E-state index < -0.39 is 0 Å². The highest BCUT2D eigenvalue weighted by atomic mass is 79.9. The van der Waals surface area contributed by atoms with Gasteiger partial charge in [0.15, 0.2) is 0 Å². The second kappa shape index (κ2) is 7.69. The maximum absolute atomic E-state index is 5.62. The smallest absolute Gasteiger partial charge is 0.124 e. The van der Waals surface area contributed by atoms with Gasteiger partial charge in [-0.1, -0.05) is 35.7 Å². The second-order valence-electron chi connectivity index (χ2n) is 3.72. The lowest BCUT2D eigenvalue weighted by molar-refractivity contribution is 0.115. The van der Waals surface area contributed by atoms with Crippen LogP contribution in [0.2, 0.25) is 0 Å². The number of hydrogen-bond donors (Lipinski definition) is 0. The van der Waals surface area contributed by atoms with Crippen molar-refractivity contribution in [2.45, 2.75) is 32.8 Å². The quantitative estimate of drug-likeness (QED) is 0.701. The van der Waals surface area contributed by atoms with Crippen LogP contribution < -0.4 is 4.74 Å². The van der Waals surface area contributed by atoms with E-state index in [1.807, 2.05) is 18.2 Å². The van der Waals surface area contributed by atoms with Crippen LogP contribution in [-0.2, 0) is 11.3 Å². The van der Waals surface area contributed by atoms with Crippen molar-refractivity contribution in [3.8, 4) is 5.75 Å².